The van der Waals surface area contributed by atoms with Gasteiger partial charge in [-0.2, -0.15) is 0 Å². The molecular formula is C13H13FN2O4. The van der Waals surface area contributed by atoms with Crippen molar-refractivity contribution in [2.45, 2.75) is 6.92 Å². The molecule has 0 saturated carbocycles. The number of imide groups is 1. The summed E-state index contributed by atoms with van der Waals surface area (Å²) < 4.78 is 17.7. The fourth-order valence-electron chi connectivity index (χ4n) is 1.20. The van der Waals surface area contributed by atoms with Crippen LogP contribution in [-0.4, -0.2) is 24.5 Å². The Morgan fingerprint density at radius 1 is 1.30 bits per heavy atom. The number of carbonyl (C=O) groups is 3. The number of rotatable bonds is 4. The Labute approximate surface area is 114 Å². The molecule has 106 valence electrons. The molecule has 20 heavy (non-hydrogen) atoms. The summed E-state index contributed by atoms with van der Waals surface area (Å²) in [4.78, 5) is 33.6. The van der Waals surface area contributed by atoms with Crippen LogP contribution in [0.1, 0.15) is 6.92 Å². The van der Waals surface area contributed by atoms with Crippen LogP contribution in [0.4, 0.5) is 14.9 Å². The van der Waals surface area contributed by atoms with Crippen LogP contribution in [0.2, 0.25) is 0 Å². The number of urea groups is 1. The lowest BCUT2D eigenvalue weighted by molar-refractivity contribution is -0.143. The molecule has 7 heteroatoms. The van der Waals surface area contributed by atoms with Crippen molar-refractivity contribution >= 4 is 23.6 Å². The van der Waals surface area contributed by atoms with Gasteiger partial charge < -0.3 is 10.1 Å². The van der Waals surface area contributed by atoms with Crippen LogP contribution >= 0.6 is 0 Å². The highest BCUT2D eigenvalue weighted by Crippen LogP contribution is 2.11. The zero-order chi connectivity index (χ0) is 15.0. The molecule has 0 aliphatic heterocycles. The van der Waals surface area contributed by atoms with E-state index in [1.54, 1.807) is 6.92 Å². The minimum Gasteiger partial charge on any atom is -0.452 e. The first-order valence-electron chi connectivity index (χ1n) is 5.67. The Morgan fingerprint density at radius 3 is 2.65 bits per heavy atom. The van der Waals surface area contributed by atoms with Crippen molar-refractivity contribution in [2.24, 2.45) is 0 Å². The molecule has 0 aliphatic carbocycles. The van der Waals surface area contributed by atoms with Crippen LogP contribution in [0, 0.1) is 5.82 Å². The standard InChI is InChI=1S/C13H13FN2O4/c1-2-5-12(18)20-8-11(17)16-13(19)15-10-7-4-3-6-9(10)14/h2-7H,8H2,1H3,(H2,15,16,17,19)/b5-2+. The Hall–Kier alpha value is -2.70. The van der Waals surface area contributed by atoms with Crippen molar-refractivity contribution in [3.63, 3.8) is 0 Å². The largest absolute Gasteiger partial charge is 0.452 e. The predicted molar refractivity (Wildman–Crippen MR) is 69.3 cm³/mol. The van der Waals surface area contributed by atoms with Gasteiger partial charge in [0.1, 0.15) is 5.82 Å². The van der Waals surface area contributed by atoms with E-state index in [1.807, 2.05) is 5.32 Å². The Bertz CT molecular complexity index is 543. The monoisotopic (exact) mass is 280 g/mol. The van der Waals surface area contributed by atoms with Crippen molar-refractivity contribution in [2.75, 3.05) is 11.9 Å². The van der Waals surface area contributed by atoms with Gasteiger partial charge in [0.2, 0.25) is 0 Å². The molecule has 0 bridgehead atoms. The molecule has 0 radical (unpaired) electrons. The molecule has 0 aliphatic rings. The number of amides is 3. The zero-order valence-electron chi connectivity index (χ0n) is 10.7. The van der Waals surface area contributed by atoms with Gasteiger partial charge in [0.15, 0.2) is 6.61 Å². The highest BCUT2D eigenvalue weighted by Gasteiger charge is 2.11. The first-order valence-corrected chi connectivity index (χ1v) is 5.67. The minimum absolute atomic E-state index is 0.0660. The van der Waals surface area contributed by atoms with Gasteiger partial charge in [0.25, 0.3) is 5.91 Å². The maximum atomic E-state index is 13.2. The van der Waals surface area contributed by atoms with Crippen molar-refractivity contribution < 1.29 is 23.5 Å². The number of benzene rings is 1. The van der Waals surface area contributed by atoms with Gasteiger partial charge in [0.05, 0.1) is 5.69 Å². The predicted octanol–water partition coefficient (Wildman–Crippen LogP) is 1.59. The van der Waals surface area contributed by atoms with Crippen molar-refractivity contribution in [1.29, 1.82) is 0 Å². The number of allylic oxidation sites excluding steroid dienone is 1. The lowest BCUT2D eigenvalue weighted by Gasteiger charge is -2.07. The molecule has 0 unspecified atom stereocenters. The van der Waals surface area contributed by atoms with Gasteiger partial charge >= 0.3 is 12.0 Å². The minimum atomic E-state index is -0.915. The van der Waals surface area contributed by atoms with Gasteiger partial charge in [-0.15, -0.1) is 0 Å². The van der Waals surface area contributed by atoms with Gasteiger partial charge in [0, 0.05) is 6.08 Å². The van der Waals surface area contributed by atoms with E-state index >= 15 is 0 Å². The summed E-state index contributed by atoms with van der Waals surface area (Å²) in [5.41, 5.74) is -0.0660. The summed E-state index contributed by atoms with van der Waals surface area (Å²) in [6, 6.07) is 4.58. The molecular weight excluding hydrogens is 267 g/mol. The fraction of sp³-hybridized carbons (Fsp3) is 0.154. The summed E-state index contributed by atoms with van der Waals surface area (Å²) in [7, 11) is 0. The van der Waals surface area contributed by atoms with Crippen LogP contribution in [0.5, 0.6) is 0 Å². The second-order valence-electron chi connectivity index (χ2n) is 3.59. The molecule has 1 aromatic rings. The van der Waals surface area contributed by atoms with Crippen LogP contribution in [-0.2, 0) is 14.3 Å². The number of para-hydroxylation sites is 1. The van der Waals surface area contributed by atoms with E-state index in [4.69, 9.17) is 0 Å². The van der Waals surface area contributed by atoms with Crippen molar-refractivity contribution in [1.82, 2.24) is 5.32 Å². The van der Waals surface area contributed by atoms with E-state index in [9.17, 15) is 18.8 Å². The number of halogens is 1. The molecule has 6 nitrogen and oxygen atoms in total. The van der Waals surface area contributed by atoms with Crippen molar-refractivity contribution in [3.8, 4) is 0 Å². The Balaban J connectivity index is 2.41. The molecule has 0 heterocycles. The third kappa shape index (κ3) is 5.30. The van der Waals surface area contributed by atoms with E-state index < -0.39 is 30.3 Å². The molecule has 2 N–H and O–H groups in total. The highest BCUT2D eigenvalue weighted by molar-refractivity contribution is 6.02. The second-order valence-corrected chi connectivity index (χ2v) is 3.59. The van der Waals surface area contributed by atoms with Gasteiger partial charge in [-0.1, -0.05) is 18.2 Å². The normalized spacial score (nSPS) is 10.1. The summed E-state index contributed by atoms with van der Waals surface area (Å²) in [6.07, 6.45) is 2.58. The third-order valence-corrected chi connectivity index (χ3v) is 2.02. The maximum Gasteiger partial charge on any atom is 0.330 e. The number of carbonyl (C=O) groups excluding carboxylic acids is 3. The average molecular weight is 280 g/mol. The number of anilines is 1. The summed E-state index contributed by atoms with van der Waals surface area (Å²) in [5.74, 6) is -2.15. The molecule has 0 atom stereocenters. The first-order chi connectivity index (χ1) is 9.52. The summed E-state index contributed by atoms with van der Waals surface area (Å²) in [5, 5.41) is 4.05. The third-order valence-electron chi connectivity index (χ3n) is 2.02. The van der Waals surface area contributed by atoms with Crippen LogP contribution < -0.4 is 10.6 Å². The van der Waals surface area contributed by atoms with E-state index in [2.05, 4.69) is 10.1 Å². The lowest BCUT2D eigenvalue weighted by Crippen LogP contribution is -2.37. The number of hydrogen-bond acceptors (Lipinski definition) is 4. The van der Waals surface area contributed by atoms with E-state index in [-0.39, 0.29) is 5.69 Å². The van der Waals surface area contributed by atoms with Crippen LogP contribution in [0.15, 0.2) is 36.4 Å². The average Bonchev–Trinajstić information content (AvgIpc) is 2.39. The van der Waals surface area contributed by atoms with Crippen LogP contribution in [0.25, 0.3) is 0 Å². The number of ether oxygens (including phenoxy) is 1. The topological polar surface area (TPSA) is 84.5 Å². The Morgan fingerprint density at radius 2 is 2.00 bits per heavy atom. The van der Waals surface area contributed by atoms with Crippen molar-refractivity contribution in [3.05, 3.63) is 42.2 Å². The summed E-state index contributed by atoms with van der Waals surface area (Å²) >= 11 is 0. The first kappa shape index (κ1) is 15.4. The molecule has 3 amide bonds. The summed E-state index contributed by atoms with van der Waals surface area (Å²) in [6.45, 7) is 1.01. The molecule has 0 spiro atoms. The number of hydrogen-bond donors (Lipinski definition) is 2. The molecule has 1 rings (SSSR count). The maximum absolute atomic E-state index is 13.2. The van der Waals surface area contributed by atoms with Gasteiger partial charge in [-0.3, -0.25) is 10.1 Å². The lowest BCUT2D eigenvalue weighted by atomic mass is 10.3. The fourth-order valence-corrected chi connectivity index (χ4v) is 1.20. The molecule has 0 aromatic heterocycles. The zero-order valence-corrected chi connectivity index (χ0v) is 10.7. The molecule has 0 saturated heterocycles. The van der Waals surface area contributed by atoms with E-state index in [1.165, 1.54) is 24.3 Å². The van der Waals surface area contributed by atoms with E-state index in [0.29, 0.717) is 0 Å². The second kappa shape index (κ2) is 7.67. The van der Waals surface area contributed by atoms with Crippen LogP contribution in [0.3, 0.4) is 0 Å². The van der Waals surface area contributed by atoms with Gasteiger partial charge in [-0.25, -0.2) is 14.0 Å². The van der Waals surface area contributed by atoms with E-state index in [0.717, 1.165) is 12.1 Å². The Kier molecular flexibility index (Phi) is 5.89. The quantitative estimate of drug-likeness (QED) is 0.648. The molecule has 0 fully saturated rings. The molecule has 1 aromatic carbocycles. The highest BCUT2D eigenvalue weighted by atomic mass is 19.1. The number of nitrogens with one attached hydrogen (secondary N) is 2. The number of esters is 1. The SMILES string of the molecule is C/C=C/C(=O)OCC(=O)NC(=O)Nc1ccccc1F. The van der Waals surface area contributed by atoms with Gasteiger partial charge in [-0.05, 0) is 19.1 Å². The smallest absolute Gasteiger partial charge is 0.330 e.